The fraction of sp³-hybridized carbons (Fsp3) is 0.533. The number of carboxylic acids is 1. The Bertz CT molecular complexity index is 442. The first-order valence-corrected chi connectivity index (χ1v) is 6.22. The van der Waals surface area contributed by atoms with E-state index in [4.69, 9.17) is 4.74 Å². The van der Waals surface area contributed by atoms with Crippen LogP contribution in [0.5, 0.6) is 5.75 Å². The minimum atomic E-state index is -1.08. The Kier molecular flexibility index (Phi) is 4.38. The first-order valence-electron chi connectivity index (χ1n) is 6.22. The normalized spacial score (nSPS) is 11.4. The van der Waals surface area contributed by atoms with Gasteiger partial charge in [-0.15, -0.1) is 0 Å². The van der Waals surface area contributed by atoms with Gasteiger partial charge in [-0.3, -0.25) is 0 Å². The molecule has 0 N–H and O–H groups in total. The number of hydrogen-bond acceptors (Lipinski definition) is 3. The molecule has 0 amide bonds. The number of rotatable bonds is 4. The van der Waals surface area contributed by atoms with Crippen molar-refractivity contribution in [1.82, 2.24) is 0 Å². The third kappa shape index (κ3) is 3.49. The molecule has 0 aliphatic heterocycles. The molecule has 100 valence electrons. The van der Waals surface area contributed by atoms with Crippen molar-refractivity contribution in [3.63, 3.8) is 0 Å². The number of carbonyl (C=O) groups is 1. The van der Waals surface area contributed by atoms with Crippen molar-refractivity contribution in [2.24, 2.45) is 0 Å². The van der Waals surface area contributed by atoms with E-state index < -0.39 is 5.97 Å². The van der Waals surface area contributed by atoms with Gasteiger partial charge in [-0.2, -0.15) is 0 Å². The Morgan fingerprint density at radius 2 is 1.94 bits per heavy atom. The Morgan fingerprint density at radius 1 is 1.33 bits per heavy atom. The number of aryl methyl sites for hydroxylation is 1. The number of aliphatic carboxylic acids is 1. The molecular formula is C15H21O3-. The molecule has 0 aromatic heterocycles. The van der Waals surface area contributed by atoms with E-state index in [1.807, 2.05) is 19.9 Å². The average molecular weight is 249 g/mol. The van der Waals surface area contributed by atoms with E-state index in [2.05, 4.69) is 26.8 Å². The molecule has 1 aromatic carbocycles. The van der Waals surface area contributed by atoms with Crippen LogP contribution in [0, 0.1) is 6.92 Å². The molecule has 0 heterocycles. The van der Waals surface area contributed by atoms with Gasteiger partial charge in [0.2, 0.25) is 0 Å². The quantitative estimate of drug-likeness (QED) is 0.820. The number of carbonyl (C=O) groups excluding carboxylic acids is 1. The largest absolute Gasteiger partial charge is 0.550 e. The van der Waals surface area contributed by atoms with Crippen molar-refractivity contribution in [2.45, 2.75) is 46.5 Å². The van der Waals surface area contributed by atoms with Crippen LogP contribution < -0.4 is 9.84 Å². The van der Waals surface area contributed by atoms with Crippen LogP contribution in [0.1, 0.15) is 44.4 Å². The highest BCUT2D eigenvalue weighted by Gasteiger charge is 2.18. The second kappa shape index (κ2) is 5.42. The maximum Gasteiger partial charge on any atom is 0.125 e. The lowest BCUT2D eigenvalue weighted by molar-refractivity contribution is -0.304. The molecule has 0 aliphatic carbocycles. The van der Waals surface area contributed by atoms with Gasteiger partial charge in [0, 0.05) is 18.0 Å². The van der Waals surface area contributed by atoms with E-state index in [0.29, 0.717) is 17.9 Å². The Balaban J connectivity index is 3.32. The Hall–Kier alpha value is -1.51. The van der Waals surface area contributed by atoms with Gasteiger partial charge in [-0.25, -0.2) is 0 Å². The van der Waals surface area contributed by atoms with E-state index in [1.165, 1.54) is 0 Å². The number of hydrogen-bond donors (Lipinski definition) is 0. The smallest absolute Gasteiger partial charge is 0.125 e. The van der Waals surface area contributed by atoms with Crippen LogP contribution in [-0.2, 0) is 16.6 Å². The highest BCUT2D eigenvalue weighted by Crippen LogP contribution is 2.31. The molecule has 1 aromatic rings. The summed E-state index contributed by atoms with van der Waals surface area (Å²) < 4.78 is 5.55. The van der Waals surface area contributed by atoms with Crippen LogP contribution >= 0.6 is 0 Å². The Labute approximate surface area is 109 Å². The zero-order valence-corrected chi connectivity index (χ0v) is 11.8. The van der Waals surface area contributed by atoms with Gasteiger partial charge in [0.05, 0.1) is 6.61 Å². The lowest BCUT2D eigenvalue weighted by atomic mass is 9.84. The molecule has 0 unspecified atom stereocenters. The zero-order chi connectivity index (χ0) is 13.9. The van der Waals surface area contributed by atoms with Crippen LogP contribution in [0.15, 0.2) is 12.1 Å². The molecular weight excluding hydrogens is 228 g/mol. The summed E-state index contributed by atoms with van der Waals surface area (Å²) in [6, 6.07) is 3.97. The standard InChI is InChI=1S/C15H22O3/c1-6-18-14-10(2)7-12(15(3,4)5)8-11(14)9-13(16)17/h7-8H,6,9H2,1-5H3,(H,16,17)/p-1. The second-order valence-corrected chi connectivity index (χ2v) is 5.51. The van der Waals surface area contributed by atoms with E-state index in [1.54, 1.807) is 0 Å². The lowest BCUT2D eigenvalue weighted by Crippen LogP contribution is -2.25. The first-order chi connectivity index (χ1) is 8.25. The summed E-state index contributed by atoms with van der Waals surface area (Å²) in [6.07, 6.45) is -0.111. The van der Waals surface area contributed by atoms with Crippen LogP contribution in [0.25, 0.3) is 0 Å². The summed E-state index contributed by atoms with van der Waals surface area (Å²) in [5, 5.41) is 10.8. The van der Waals surface area contributed by atoms with E-state index in [9.17, 15) is 9.90 Å². The summed E-state index contributed by atoms with van der Waals surface area (Å²) in [6.45, 7) is 10.7. The number of ether oxygens (including phenoxy) is 1. The van der Waals surface area contributed by atoms with Crippen molar-refractivity contribution in [3.05, 3.63) is 28.8 Å². The molecule has 0 atom stereocenters. The molecule has 0 saturated carbocycles. The zero-order valence-electron chi connectivity index (χ0n) is 11.8. The van der Waals surface area contributed by atoms with Gasteiger partial charge in [-0.1, -0.05) is 32.9 Å². The molecule has 0 saturated heterocycles. The summed E-state index contributed by atoms with van der Waals surface area (Å²) in [7, 11) is 0. The number of carboxylic acid groups (broad SMARTS) is 1. The fourth-order valence-corrected chi connectivity index (χ4v) is 1.92. The van der Waals surface area contributed by atoms with Crippen LogP contribution in [0.2, 0.25) is 0 Å². The van der Waals surface area contributed by atoms with Crippen molar-refractivity contribution >= 4 is 5.97 Å². The van der Waals surface area contributed by atoms with Crippen LogP contribution in [-0.4, -0.2) is 12.6 Å². The minimum Gasteiger partial charge on any atom is -0.550 e. The molecule has 3 heteroatoms. The summed E-state index contributed by atoms with van der Waals surface area (Å²) in [5.74, 6) is -0.406. The van der Waals surface area contributed by atoms with E-state index in [0.717, 1.165) is 11.1 Å². The Morgan fingerprint density at radius 3 is 2.39 bits per heavy atom. The summed E-state index contributed by atoms with van der Waals surface area (Å²) in [4.78, 5) is 10.8. The maximum atomic E-state index is 10.8. The SMILES string of the molecule is CCOc1c(C)cc(C(C)(C)C)cc1CC(=O)[O-]. The fourth-order valence-electron chi connectivity index (χ4n) is 1.92. The van der Waals surface area contributed by atoms with E-state index >= 15 is 0 Å². The highest BCUT2D eigenvalue weighted by molar-refractivity contribution is 5.70. The molecule has 0 fully saturated rings. The van der Waals surface area contributed by atoms with Crippen LogP contribution in [0.4, 0.5) is 0 Å². The molecule has 1 rings (SSSR count). The minimum absolute atomic E-state index is 0.0177. The molecule has 18 heavy (non-hydrogen) atoms. The second-order valence-electron chi connectivity index (χ2n) is 5.51. The van der Waals surface area contributed by atoms with Crippen molar-refractivity contribution in [1.29, 1.82) is 0 Å². The summed E-state index contributed by atoms with van der Waals surface area (Å²) in [5.41, 5.74) is 2.76. The average Bonchev–Trinajstić information content (AvgIpc) is 2.20. The first kappa shape index (κ1) is 14.6. The predicted molar refractivity (Wildman–Crippen MR) is 69.8 cm³/mol. The van der Waals surface area contributed by atoms with Gasteiger partial charge in [-0.05, 0) is 30.4 Å². The molecule has 0 radical (unpaired) electrons. The van der Waals surface area contributed by atoms with Crippen LogP contribution in [0.3, 0.4) is 0 Å². The van der Waals surface area contributed by atoms with Gasteiger partial charge < -0.3 is 14.6 Å². The van der Waals surface area contributed by atoms with Gasteiger partial charge in [0.1, 0.15) is 5.75 Å². The van der Waals surface area contributed by atoms with Gasteiger partial charge in [0.25, 0.3) is 0 Å². The maximum absolute atomic E-state index is 10.8. The van der Waals surface area contributed by atoms with Gasteiger partial charge in [0.15, 0.2) is 0 Å². The highest BCUT2D eigenvalue weighted by atomic mass is 16.5. The van der Waals surface area contributed by atoms with Crippen molar-refractivity contribution in [3.8, 4) is 5.75 Å². The molecule has 3 nitrogen and oxygen atoms in total. The van der Waals surface area contributed by atoms with Gasteiger partial charge >= 0.3 is 0 Å². The summed E-state index contributed by atoms with van der Waals surface area (Å²) >= 11 is 0. The number of benzene rings is 1. The van der Waals surface area contributed by atoms with Crippen molar-refractivity contribution in [2.75, 3.05) is 6.61 Å². The lowest BCUT2D eigenvalue weighted by Gasteiger charge is -2.23. The topological polar surface area (TPSA) is 49.4 Å². The molecule has 0 aliphatic rings. The third-order valence-electron chi connectivity index (χ3n) is 2.84. The molecule has 0 bridgehead atoms. The third-order valence-corrected chi connectivity index (χ3v) is 2.84. The van der Waals surface area contributed by atoms with Crippen molar-refractivity contribution < 1.29 is 14.6 Å². The predicted octanol–water partition coefficient (Wildman–Crippen LogP) is 1.98. The van der Waals surface area contributed by atoms with E-state index in [-0.39, 0.29) is 11.8 Å². The molecule has 0 spiro atoms. The monoisotopic (exact) mass is 249 g/mol.